The largest absolute Gasteiger partial charge is 0.480 e. The molecule has 0 aliphatic carbocycles. The zero-order chi connectivity index (χ0) is 27.8. The molecule has 11 nitrogen and oxygen atoms in total. The molecule has 4 rings (SSSR count). The quantitative estimate of drug-likeness (QED) is 0.390. The summed E-state index contributed by atoms with van der Waals surface area (Å²) in [4.78, 5) is 11.3. The van der Waals surface area contributed by atoms with Gasteiger partial charge in [-0.3, -0.25) is 0 Å². The minimum atomic E-state index is -1.41. The number of rotatable bonds is 8. The van der Waals surface area contributed by atoms with Crippen molar-refractivity contribution in [3.8, 4) is 11.3 Å². The highest BCUT2D eigenvalue weighted by molar-refractivity contribution is 5.68. The van der Waals surface area contributed by atoms with Crippen molar-refractivity contribution in [1.29, 1.82) is 0 Å². The second-order valence-electron chi connectivity index (χ2n) is 10.3. The number of aromatic nitrogens is 4. The van der Waals surface area contributed by atoms with E-state index >= 15 is 0 Å². The molecule has 1 aliphatic rings. The molecule has 1 aliphatic heterocycles. The molecular weight excluding hydrogens is 506 g/mol. The normalized spacial score (nSPS) is 24.1. The molecule has 1 aromatic carbocycles. The Morgan fingerprint density at radius 2 is 1.95 bits per heavy atom. The molecule has 3 N–H and O–H groups in total. The number of carboxylic acid groups (broad SMARTS) is 1. The van der Waals surface area contributed by atoms with E-state index in [0.29, 0.717) is 11.5 Å². The van der Waals surface area contributed by atoms with Crippen molar-refractivity contribution >= 4 is 5.97 Å². The van der Waals surface area contributed by atoms with Gasteiger partial charge in [-0.15, -0.1) is 5.10 Å². The third-order valence-electron chi connectivity index (χ3n) is 6.44. The Hall–Kier alpha value is -3.26. The first-order valence-electron chi connectivity index (χ1n) is 12.0. The van der Waals surface area contributed by atoms with Crippen LogP contribution in [0.2, 0.25) is 0 Å². The van der Waals surface area contributed by atoms with Gasteiger partial charge in [-0.25, -0.2) is 18.3 Å². The summed E-state index contributed by atoms with van der Waals surface area (Å²) in [6, 6.07) is 3.40. The van der Waals surface area contributed by atoms with Crippen LogP contribution in [-0.4, -0.2) is 79.1 Å². The minimum absolute atomic E-state index is 0.0134. The fourth-order valence-corrected chi connectivity index (χ4v) is 4.37. The van der Waals surface area contributed by atoms with Crippen LogP contribution >= 0.6 is 0 Å². The number of halogens is 2. The van der Waals surface area contributed by atoms with Gasteiger partial charge in [0.1, 0.15) is 42.4 Å². The van der Waals surface area contributed by atoms with Crippen molar-refractivity contribution in [2.24, 2.45) is 0 Å². The number of aliphatic hydroxyl groups excluding tert-OH is 2. The van der Waals surface area contributed by atoms with Crippen LogP contribution in [0.15, 0.2) is 28.9 Å². The number of nitrogens with zero attached hydrogens (tertiary/aromatic N) is 4. The van der Waals surface area contributed by atoms with E-state index in [-0.39, 0.29) is 28.7 Å². The summed E-state index contributed by atoms with van der Waals surface area (Å²) < 4.78 is 47.0. The molecule has 0 unspecified atom stereocenters. The molecule has 0 bridgehead atoms. The van der Waals surface area contributed by atoms with Gasteiger partial charge >= 0.3 is 5.97 Å². The van der Waals surface area contributed by atoms with Crippen molar-refractivity contribution in [2.75, 3.05) is 13.2 Å². The standard InChI is InChI=1S/C25H30F2N4O7/c1-12-5-6-14(21(27)20(12)26)15-9-31(30-28-15)22-23(35)17(10-32)37-16(24(22)36-11-19(33)34)7-13-8-18(38-29-13)25(2,3)4/h5-6,8-9,16-17,22-24,32,35H,7,10-11H2,1-4H3,(H,33,34)/t16-,17-,22+,23+,24+/m1/s1. The number of hydrogen-bond donors (Lipinski definition) is 3. The molecule has 1 saturated heterocycles. The monoisotopic (exact) mass is 536 g/mol. The SMILES string of the molecule is Cc1ccc(-c2cn([C@H]3[C@@H](O)[C@@H](CO)O[C@H](Cc4cc(C(C)(C)C)on4)[C@@H]3OCC(=O)O)nn2)c(F)c1F. The predicted octanol–water partition coefficient (Wildman–Crippen LogP) is 2.19. The molecule has 2 aromatic heterocycles. The molecule has 5 atom stereocenters. The Balaban J connectivity index is 1.71. The lowest BCUT2D eigenvalue weighted by Gasteiger charge is -2.43. The van der Waals surface area contributed by atoms with Crippen LogP contribution in [0.3, 0.4) is 0 Å². The van der Waals surface area contributed by atoms with Crippen LogP contribution in [-0.2, 0) is 26.1 Å². The van der Waals surface area contributed by atoms with Gasteiger partial charge < -0.3 is 29.3 Å². The Morgan fingerprint density at radius 1 is 1.21 bits per heavy atom. The van der Waals surface area contributed by atoms with Crippen molar-refractivity contribution in [2.45, 2.75) is 70.0 Å². The maximum Gasteiger partial charge on any atom is 0.329 e. The van der Waals surface area contributed by atoms with E-state index in [1.165, 1.54) is 29.9 Å². The van der Waals surface area contributed by atoms with Crippen LogP contribution in [0.25, 0.3) is 11.3 Å². The molecule has 38 heavy (non-hydrogen) atoms. The molecule has 3 aromatic rings. The average molecular weight is 537 g/mol. The summed E-state index contributed by atoms with van der Waals surface area (Å²) in [5.74, 6) is -2.76. The number of carbonyl (C=O) groups is 1. The number of carboxylic acids is 1. The Labute approximate surface area is 217 Å². The second-order valence-corrected chi connectivity index (χ2v) is 10.3. The highest BCUT2D eigenvalue weighted by Crippen LogP contribution is 2.35. The Morgan fingerprint density at radius 3 is 2.58 bits per heavy atom. The third kappa shape index (κ3) is 5.60. The number of aliphatic hydroxyl groups is 2. The maximum absolute atomic E-state index is 14.6. The van der Waals surface area contributed by atoms with Gasteiger partial charge in [0.25, 0.3) is 0 Å². The molecule has 0 saturated carbocycles. The summed E-state index contributed by atoms with van der Waals surface area (Å²) >= 11 is 0. The highest BCUT2D eigenvalue weighted by atomic mass is 19.2. The summed E-state index contributed by atoms with van der Waals surface area (Å²) in [7, 11) is 0. The second kappa shape index (κ2) is 10.8. The topological polar surface area (TPSA) is 153 Å². The third-order valence-corrected chi connectivity index (χ3v) is 6.44. The molecule has 206 valence electrons. The fourth-order valence-electron chi connectivity index (χ4n) is 4.37. The summed E-state index contributed by atoms with van der Waals surface area (Å²) in [6.45, 7) is 6.00. The maximum atomic E-state index is 14.6. The zero-order valence-electron chi connectivity index (χ0n) is 21.3. The number of aliphatic carboxylic acids is 1. The van der Waals surface area contributed by atoms with Gasteiger partial charge in [-0.1, -0.05) is 37.2 Å². The van der Waals surface area contributed by atoms with Gasteiger partial charge in [-0.2, -0.15) is 0 Å². The first kappa shape index (κ1) is 27.8. The zero-order valence-corrected chi connectivity index (χ0v) is 21.3. The van der Waals surface area contributed by atoms with Crippen LogP contribution in [0, 0.1) is 18.6 Å². The summed E-state index contributed by atoms with van der Waals surface area (Å²) in [5, 5.41) is 42.2. The number of hydrogen-bond acceptors (Lipinski definition) is 9. The molecule has 1 fully saturated rings. The average Bonchev–Trinajstić information content (AvgIpc) is 3.52. The molecule has 3 heterocycles. The Kier molecular flexibility index (Phi) is 7.93. The van der Waals surface area contributed by atoms with Gasteiger partial charge in [0.15, 0.2) is 11.6 Å². The van der Waals surface area contributed by atoms with Gasteiger partial charge in [0.2, 0.25) is 0 Å². The van der Waals surface area contributed by atoms with E-state index in [9.17, 15) is 28.9 Å². The number of ether oxygens (including phenoxy) is 2. The number of aryl methyl sites for hydroxylation is 1. The van der Waals surface area contributed by atoms with Crippen molar-refractivity contribution in [3.63, 3.8) is 0 Å². The highest BCUT2D eigenvalue weighted by Gasteiger charge is 2.48. The van der Waals surface area contributed by atoms with Gasteiger partial charge in [-0.05, 0) is 18.6 Å². The van der Waals surface area contributed by atoms with Crippen molar-refractivity contribution in [1.82, 2.24) is 20.2 Å². The van der Waals surface area contributed by atoms with Gasteiger partial charge in [0.05, 0.1) is 24.6 Å². The lowest BCUT2D eigenvalue weighted by Crippen LogP contribution is -2.57. The first-order valence-corrected chi connectivity index (χ1v) is 12.0. The van der Waals surface area contributed by atoms with Crippen LogP contribution in [0.5, 0.6) is 0 Å². The van der Waals surface area contributed by atoms with E-state index in [1.54, 1.807) is 6.07 Å². The lowest BCUT2D eigenvalue weighted by molar-refractivity contribution is -0.219. The fraction of sp³-hybridized carbons (Fsp3) is 0.520. The van der Waals surface area contributed by atoms with E-state index in [2.05, 4.69) is 15.5 Å². The van der Waals surface area contributed by atoms with E-state index in [1.807, 2.05) is 20.8 Å². The molecule has 13 heteroatoms. The van der Waals surface area contributed by atoms with Crippen LogP contribution < -0.4 is 0 Å². The number of benzene rings is 1. The summed E-state index contributed by atoms with van der Waals surface area (Å²) in [5.41, 5.74) is 0.146. The van der Waals surface area contributed by atoms with Crippen LogP contribution in [0.4, 0.5) is 8.78 Å². The van der Waals surface area contributed by atoms with Crippen molar-refractivity contribution < 1.29 is 42.9 Å². The minimum Gasteiger partial charge on any atom is -0.480 e. The molecule has 0 amide bonds. The van der Waals surface area contributed by atoms with Crippen LogP contribution in [0.1, 0.15) is 43.8 Å². The van der Waals surface area contributed by atoms with Gasteiger partial charge in [0, 0.05) is 23.5 Å². The predicted molar refractivity (Wildman–Crippen MR) is 127 cm³/mol. The molecule has 0 radical (unpaired) electrons. The Bertz CT molecular complexity index is 1290. The van der Waals surface area contributed by atoms with E-state index in [0.717, 1.165) is 0 Å². The van der Waals surface area contributed by atoms with E-state index < -0.39 is 61.3 Å². The molecule has 0 spiro atoms. The molecular formula is C25H30F2N4O7. The van der Waals surface area contributed by atoms with Crippen molar-refractivity contribution in [3.05, 3.63) is 53.0 Å². The smallest absolute Gasteiger partial charge is 0.329 e. The summed E-state index contributed by atoms with van der Waals surface area (Å²) in [6.07, 6.45) is -3.10. The first-order chi connectivity index (χ1) is 17.9. The van der Waals surface area contributed by atoms with E-state index in [4.69, 9.17) is 14.0 Å². The lowest BCUT2D eigenvalue weighted by atomic mass is 9.89.